The Balaban J connectivity index is 1.66. The fraction of sp³-hybridized carbons (Fsp3) is 0.0741. The molecule has 6 rings (SSSR count). The maximum Gasteiger partial charge on any atom is 0.266 e. The number of para-hydroxylation sites is 1. The highest BCUT2D eigenvalue weighted by Gasteiger charge is 2.25. The Labute approximate surface area is 200 Å². The lowest BCUT2D eigenvalue weighted by Crippen LogP contribution is -2.29. The van der Waals surface area contributed by atoms with Crippen LogP contribution >= 0.6 is 0 Å². The van der Waals surface area contributed by atoms with E-state index in [0.29, 0.717) is 33.7 Å². The van der Waals surface area contributed by atoms with E-state index in [1.54, 1.807) is 10.9 Å². The van der Waals surface area contributed by atoms with Crippen molar-refractivity contribution in [2.24, 2.45) is 0 Å². The Morgan fingerprint density at radius 2 is 1.66 bits per heavy atom. The molecule has 0 aliphatic heterocycles. The van der Waals surface area contributed by atoms with Gasteiger partial charge in [0.1, 0.15) is 23.7 Å². The van der Waals surface area contributed by atoms with Crippen LogP contribution in [0.25, 0.3) is 27.8 Å². The Morgan fingerprint density at radius 1 is 0.886 bits per heavy atom. The molecule has 0 spiro atoms. The lowest BCUT2D eigenvalue weighted by molar-refractivity contribution is 0.761. The van der Waals surface area contributed by atoms with Crippen molar-refractivity contribution >= 4 is 27.9 Å². The minimum Gasteiger partial charge on any atom is -0.354 e. The summed E-state index contributed by atoms with van der Waals surface area (Å²) in [6.07, 6.45) is 3.06. The molecule has 3 aromatic carbocycles. The van der Waals surface area contributed by atoms with Gasteiger partial charge >= 0.3 is 0 Å². The number of H-pyrrole nitrogens is 1. The van der Waals surface area contributed by atoms with E-state index in [9.17, 15) is 4.79 Å². The molecular weight excluding hydrogens is 438 g/mol. The predicted octanol–water partition coefficient (Wildman–Crippen LogP) is 4.56. The number of aryl methyl sites for hydroxylation is 1. The van der Waals surface area contributed by atoms with Crippen LogP contribution in [-0.4, -0.2) is 29.5 Å². The van der Waals surface area contributed by atoms with E-state index in [1.165, 1.54) is 6.33 Å². The zero-order chi connectivity index (χ0) is 23.8. The van der Waals surface area contributed by atoms with Gasteiger partial charge in [-0.25, -0.2) is 19.9 Å². The third kappa shape index (κ3) is 3.61. The number of hydrogen-bond acceptors (Lipinski definition) is 6. The quantitative estimate of drug-likeness (QED) is 0.392. The second-order valence-corrected chi connectivity index (χ2v) is 8.23. The summed E-state index contributed by atoms with van der Waals surface area (Å²) in [7, 11) is 0. The Hall–Kier alpha value is -4.85. The van der Waals surface area contributed by atoms with Crippen molar-refractivity contribution in [3.8, 4) is 5.69 Å². The average Bonchev–Trinajstić information content (AvgIpc) is 3.38. The number of anilines is 1. The zero-order valence-electron chi connectivity index (χ0n) is 18.9. The van der Waals surface area contributed by atoms with Gasteiger partial charge in [0.25, 0.3) is 5.56 Å². The first-order valence-electron chi connectivity index (χ1n) is 11.2. The molecule has 8 heteroatoms. The topological polar surface area (TPSA) is 101 Å². The molecule has 0 radical (unpaired) electrons. The second-order valence-electron chi connectivity index (χ2n) is 8.23. The minimum atomic E-state index is -0.496. The van der Waals surface area contributed by atoms with Crippen LogP contribution < -0.4 is 10.9 Å². The number of nitrogens with one attached hydrogen (secondary N) is 2. The third-order valence-electron chi connectivity index (χ3n) is 6.04. The molecule has 0 bridgehead atoms. The van der Waals surface area contributed by atoms with Gasteiger partial charge in [-0.1, -0.05) is 60.7 Å². The van der Waals surface area contributed by atoms with E-state index < -0.39 is 6.04 Å². The fourth-order valence-corrected chi connectivity index (χ4v) is 4.38. The van der Waals surface area contributed by atoms with Crippen LogP contribution in [0, 0.1) is 6.92 Å². The molecule has 0 fully saturated rings. The van der Waals surface area contributed by atoms with Crippen LogP contribution in [0.15, 0.2) is 96.3 Å². The van der Waals surface area contributed by atoms with Crippen molar-refractivity contribution in [3.63, 3.8) is 0 Å². The molecule has 1 atom stereocenters. The van der Waals surface area contributed by atoms with Gasteiger partial charge in [0.2, 0.25) is 0 Å². The van der Waals surface area contributed by atoms with Gasteiger partial charge in [-0.2, -0.15) is 0 Å². The fourth-order valence-electron chi connectivity index (χ4n) is 4.38. The van der Waals surface area contributed by atoms with Gasteiger partial charge < -0.3 is 10.3 Å². The van der Waals surface area contributed by atoms with Crippen molar-refractivity contribution < 1.29 is 0 Å². The smallest absolute Gasteiger partial charge is 0.266 e. The van der Waals surface area contributed by atoms with Crippen LogP contribution in [0.1, 0.15) is 23.0 Å². The van der Waals surface area contributed by atoms with Crippen molar-refractivity contribution in [2.45, 2.75) is 13.0 Å². The first-order chi connectivity index (χ1) is 17.2. The highest BCUT2D eigenvalue weighted by molar-refractivity contribution is 5.83. The third-order valence-corrected chi connectivity index (χ3v) is 6.04. The predicted molar refractivity (Wildman–Crippen MR) is 136 cm³/mol. The zero-order valence-corrected chi connectivity index (χ0v) is 18.9. The van der Waals surface area contributed by atoms with Crippen LogP contribution in [0.3, 0.4) is 0 Å². The first kappa shape index (κ1) is 20.7. The molecule has 35 heavy (non-hydrogen) atoms. The summed E-state index contributed by atoms with van der Waals surface area (Å²) < 4.78 is 1.68. The maximum atomic E-state index is 14.0. The van der Waals surface area contributed by atoms with Crippen molar-refractivity contribution in [1.29, 1.82) is 0 Å². The number of hydrogen-bond donors (Lipinski definition) is 2. The van der Waals surface area contributed by atoms with E-state index in [1.807, 2.05) is 85.8 Å². The molecule has 0 saturated heterocycles. The molecular formula is C27H21N7O. The lowest BCUT2D eigenvalue weighted by atomic mass is 10.0. The molecule has 0 saturated carbocycles. The molecule has 0 aliphatic rings. The Morgan fingerprint density at radius 3 is 2.46 bits per heavy atom. The molecule has 0 aliphatic carbocycles. The molecule has 3 heterocycles. The SMILES string of the molecule is Cc1cccc2nc(C(Nc3ncnc4[nH]cnc34)c3ccccc3)n(-c3ccccc3)c(=O)c12. The molecule has 3 aromatic heterocycles. The molecule has 8 nitrogen and oxygen atoms in total. The monoisotopic (exact) mass is 459 g/mol. The lowest BCUT2D eigenvalue weighted by Gasteiger charge is -2.24. The summed E-state index contributed by atoms with van der Waals surface area (Å²) >= 11 is 0. The maximum absolute atomic E-state index is 14.0. The summed E-state index contributed by atoms with van der Waals surface area (Å²) in [5, 5.41) is 4.10. The Bertz CT molecular complexity index is 1710. The Kier molecular flexibility index (Phi) is 5.03. The van der Waals surface area contributed by atoms with Crippen LogP contribution in [0.5, 0.6) is 0 Å². The van der Waals surface area contributed by atoms with Gasteiger partial charge in [-0.05, 0) is 36.2 Å². The molecule has 0 amide bonds. The summed E-state index contributed by atoms with van der Waals surface area (Å²) in [5.41, 5.74) is 4.31. The van der Waals surface area contributed by atoms with Gasteiger partial charge in [-0.15, -0.1) is 0 Å². The van der Waals surface area contributed by atoms with Crippen LogP contribution in [-0.2, 0) is 0 Å². The molecule has 6 aromatic rings. The summed E-state index contributed by atoms with van der Waals surface area (Å²) in [4.78, 5) is 35.1. The summed E-state index contributed by atoms with van der Waals surface area (Å²) in [6, 6.07) is 24.7. The largest absolute Gasteiger partial charge is 0.354 e. The van der Waals surface area contributed by atoms with Crippen LogP contribution in [0.2, 0.25) is 0 Å². The standard InChI is InChI=1S/C27H21N7O/c1-17-9-8-14-20-21(17)27(35)34(19-12-6-3-7-13-19)26(32-20)22(18-10-4-2-5-11-18)33-25-23-24(29-15-28-23)30-16-31-25/h2-16,22H,1H3,(H2,28,29,30,31,33). The van der Waals surface area contributed by atoms with Gasteiger partial charge in [0.05, 0.1) is 22.9 Å². The molecule has 1 unspecified atom stereocenters. The summed E-state index contributed by atoms with van der Waals surface area (Å²) in [5.74, 6) is 1.09. The van der Waals surface area contributed by atoms with Crippen molar-refractivity contribution in [3.05, 3.63) is 119 Å². The molecule has 2 N–H and O–H groups in total. The molecule has 170 valence electrons. The first-order valence-corrected chi connectivity index (χ1v) is 11.2. The summed E-state index contributed by atoms with van der Waals surface area (Å²) in [6.45, 7) is 1.93. The number of fused-ring (bicyclic) bond motifs is 2. The number of aromatic nitrogens is 6. The number of nitrogens with zero attached hydrogens (tertiary/aromatic N) is 5. The van der Waals surface area contributed by atoms with Gasteiger partial charge in [-0.3, -0.25) is 9.36 Å². The highest BCUT2D eigenvalue weighted by Crippen LogP contribution is 2.29. The number of aromatic amines is 1. The van der Waals surface area contributed by atoms with E-state index in [0.717, 1.165) is 16.8 Å². The van der Waals surface area contributed by atoms with Gasteiger partial charge in [0, 0.05) is 0 Å². The van der Waals surface area contributed by atoms with E-state index >= 15 is 0 Å². The minimum absolute atomic E-state index is 0.121. The highest BCUT2D eigenvalue weighted by atomic mass is 16.1. The van der Waals surface area contributed by atoms with Crippen LogP contribution in [0.4, 0.5) is 5.82 Å². The number of benzene rings is 3. The second kappa shape index (κ2) is 8.49. The van der Waals surface area contributed by atoms with E-state index in [-0.39, 0.29) is 5.56 Å². The van der Waals surface area contributed by atoms with Crippen molar-refractivity contribution in [1.82, 2.24) is 29.5 Å². The van der Waals surface area contributed by atoms with Crippen molar-refractivity contribution in [2.75, 3.05) is 5.32 Å². The average molecular weight is 460 g/mol. The van der Waals surface area contributed by atoms with E-state index in [2.05, 4.69) is 25.3 Å². The van der Waals surface area contributed by atoms with E-state index in [4.69, 9.17) is 4.98 Å². The van der Waals surface area contributed by atoms with Gasteiger partial charge in [0.15, 0.2) is 11.5 Å². The normalized spacial score (nSPS) is 12.1. The number of rotatable bonds is 5. The number of imidazole rings is 1.